The Morgan fingerprint density at radius 1 is 1.47 bits per heavy atom. The van der Waals surface area contributed by atoms with Crippen molar-refractivity contribution in [3.63, 3.8) is 0 Å². The van der Waals surface area contributed by atoms with E-state index >= 15 is 0 Å². The van der Waals surface area contributed by atoms with Gasteiger partial charge in [-0.05, 0) is 13.0 Å². The average Bonchev–Trinajstić information content (AvgIpc) is 2.84. The summed E-state index contributed by atoms with van der Waals surface area (Å²) in [5, 5.41) is 6.50. The molecule has 6 heteroatoms. The molecule has 0 spiro atoms. The highest BCUT2D eigenvalue weighted by Crippen LogP contribution is 2.13. The molecule has 0 saturated heterocycles. The lowest BCUT2D eigenvalue weighted by Crippen LogP contribution is -2.37. The second-order valence-corrected chi connectivity index (χ2v) is 4.40. The number of nitrogens with one attached hydrogen (secondary N) is 2. The van der Waals surface area contributed by atoms with E-state index in [0.29, 0.717) is 31.7 Å². The Balaban J connectivity index is 1.88. The van der Waals surface area contributed by atoms with Gasteiger partial charge in [0.25, 0.3) is 0 Å². The maximum Gasteiger partial charge on any atom is 0.218 e. The quantitative estimate of drug-likeness (QED) is 0.734. The third kappa shape index (κ3) is 4.10. The standard InChI is InChI=1S/C13H20N4O2/c1-10-8-15-13(17-10)16-9-11-4-3-5-14-12(11)19-7-6-18-2/h3-5,10H,6-9H2,1-2H3,(H2,15,16,17). The number of hydrogen-bond acceptors (Lipinski definition) is 6. The van der Waals surface area contributed by atoms with E-state index in [2.05, 4.69) is 27.5 Å². The van der Waals surface area contributed by atoms with Gasteiger partial charge in [0, 0.05) is 31.5 Å². The molecule has 1 aliphatic rings. The summed E-state index contributed by atoms with van der Waals surface area (Å²) in [6.07, 6.45) is 1.72. The van der Waals surface area contributed by atoms with E-state index in [1.54, 1.807) is 13.3 Å². The molecule has 2 N–H and O–H groups in total. The molecule has 1 aromatic rings. The molecular weight excluding hydrogens is 244 g/mol. The van der Waals surface area contributed by atoms with Crippen molar-refractivity contribution in [3.8, 4) is 5.88 Å². The number of pyridine rings is 1. The lowest BCUT2D eigenvalue weighted by Gasteiger charge is -2.12. The Labute approximate surface area is 113 Å². The number of aromatic nitrogens is 1. The zero-order valence-electron chi connectivity index (χ0n) is 11.3. The third-order valence-corrected chi connectivity index (χ3v) is 2.73. The summed E-state index contributed by atoms with van der Waals surface area (Å²) >= 11 is 0. The summed E-state index contributed by atoms with van der Waals surface area (Å²) in [5.74, 6) is 1.47. The van der Waals surface area contributed by atoms with Gasteiger partial charge in [0.05, 0.1) is 13.2 Å². The molecule has 2 heterocycles. The van der Waals surface area contributed by atoms with Gasteiger partial charge in [0.2, 0.25) is 5.88 Å². The van der Waals surface area contributed by atoms with Crippen LogP contribution in [0.15, 0.2) is 23.3 Å². The minimum atomic E-state index is 0.397. The van der Waals surface area contributed by atoms with Crippen LogP contribution in [-0.2, 0) is 11.3 Å². The van der Waals surface area contributed by atoms with Crippen LogP contribution in [0, 0.1) is 0 Å². The zero-order chi connectivity index (χ0) is 13.5. The first-order chi connectivity index (χ1) is 9.29. The van der Waals surface area contributed by atoms with E-state index in [1.807, 2.05) is 12.1 Å². The largest absolute Gasteiger partial charge is 0.475 e. The molecule has 6 nitrogen and oxygen atoms in total. The van der Waals surface area contributed by atoms with Gasteiger partial charge >= 0.3 is 0 Å². The number of nitrogens with zero attached hydrogens (tertiary/aromatic N) is 2. The van der Waals surface area contributed by atoms with Crippen LogP contribution in [0.25, 0.3) is 0 Å². The molecule has 0 aromatic carbocycles. The SMILES string of the molecule is COCCOc1ncccc1CNC1=NCC(C)N1. The third-order valence-electron chi connectivity index (χ3n) is 2.73. The molecular formula is C13H20N4O2. The van der Waals surface area contributed by atoms with Gasteiger partial charge in [-0.2, -0.15) is 0 Å². The number of aliphatic imine (C=N–C) groups is 1. The first kappa shape index (κ1) is 13.6. The van der Waals surface area contributed by atoms with Crippen LogP contribution < -0.4 is 15.4 Å². The molecule has 0 radical (unpaired) electrons. The second-order valence-electron chi connectivity index (χ2n) is 4.40. The lowest BCUT2D eigenvalue weighted by atomic mass is 10.2. The molecule has 1 atom stereocenters. The fourth-order valence-corrected chi connectivity index (χ4v) is 1.75. The average molecular weight is 264 g/mol. The minimum Gasteiger partial charge on any atom is -0.475 e. The molecule has 0 fully saturated rings. The maximum atomic E-state index is 5.58. The molecule has 1 aliphatic heterocycles. The van der Waals surface area contributed by atoms with Gasteiger partial charge in [-0.1, -0.05) is 6.07 Å². The molecule has 0 bridgehead atoms. The van der Waals surface area contributed by atoms with Crippen LogP contribution in [0.2, 0.25) is 0 Å². The van der Waals surface area contributed by atoms with Gasteiger partial charge in [-0.25, -0.2) is 4.98 Å². The lowest BCUT2D eigenvalue weighted by molar-refractivity contribution is 0.143. The van der Waals surface area contributed by atoms with E-state index < -0.39 is 0 Å². The summed E-state index contributed by atoms with van der Waals surface area (Å²) in [4.78, 5) is 8.58. The van der Waals surface area contributed by atoms with Crippen molar-refractivity contribution >= 4 is 5.96 Å². The first-order valence-corrected chi connectivity index (χ1v) is 6.40. The fourth-order valence-electron chi connectivity index (χ4n) is 1.75. The Hall–Kier alpha value is -1.82. The Bertz CT molecular complexity index is 436. The Kier molecular flexibility index (Phi) is 4.97. The van der Waals surface area contributed by atoms with Gasteiger partial charge in [-0.3, -0.25) is 4.99 Å². The van der Waals surface area contributed by atoms with Crippen molar-refractivity contribution < 1.29 is 9.47 Å². The molecule has 1 unspecified atom stereocenters. The van der Waals surface area contributed by atoms with E-state index in [0.717, 1.165) is 18.1 Å². The summed E-state index contributed by atoms with van der Waals surface area (Å²) in [6, 6.07) is 4.28. The highest BCUT2D eigenvalue weighted by molar-refractivity contribution is 5.81. The van der Waals surface area contributed by atoms with Crippen molar-refractivity contribution in [1.29, 1.82) is 0 Å². The smallest absolute Gasteiger partial charge is 0.218 e. The summed E-state index contributed by atoms with van der Waals surface area (Å²) in [5.41, 5.74) is 1.00. The van der Waals surface area contributed by atoms with Crippen LogP contribution >= 0.6 is 0 Å². The van der Waals surface area contributed by atoms with E-state index in [1.165, 1.54) is 0 Å². The van der Waals surface area contributed by atoms with Crippen molar-refractivity contribution in [3.05, 3.63) is 23.9 Å². The van der Waals surface area contributed by atoms with Crippen LogP contribution in [0.5, 0.6) is 5.88 Å². The van der Waals surface area contributed by atoms with Crippen molar-refractivity contribution in [1.82, 2.24) is 15.6 Å². The van der Waals surface area contributed by atoms with Gasteiger partial charge < -0.3 is 20.1 Å². The van der Waals surface area contributed by atoms with E-state index in [4.69, 9.17) is 9.47 Å². The Morgan fingerprint density at radius 3 is 3.11 bits per heavy atom. The molecule has 0 aliphatic carbocycles. The first-order valence-electron chi connectivity index (χ1n) is 6.40. The van der Waals surface area contributed by atoms with Gasteiger partial charge in [0.1, 0.15) is 6.61 Å². The second kappa shape index (κ2) is 6.94. The molecule has 2 rings (SSSR count). The highest BCUT2D eigenvalue weighted by Gasteiger charge is 2.12. The summed E-state index contributed by atoms with van der Waals surface area (Å²) in [6.45, 7) is 4.59. The van der Waals surface area contributed by atoms with E-state index in [-0.39, 0.29) is 0 Å². The summed E-state index contributed by atoms with van der Waals surface area (Å²) in [7, 11) is 1.65. The molecule has 0 amide bonds. The van der Waals surface area contributed by atoms with E-state index in [9.17, 15) is 0 Å². The fraction of sp³-hybridized carbons (Fsp3) is 0.538. The molecule has 104 valence electrons. The number of ether oxygens (including phenoxy) is 2. The van der Waals surface area contributed by atoms with Crippen molar-refractivity contribution in [2.45, 2.75) is 19.5 Å². The minimum absolute atomic E-state index is 0.397. The topological polar surface area (TPSA) is 67.8 Å². The maximum absolute atomic E-state index is 5.58. The van der Waals surface area contributed by atoms with Crippen LogP contribution in [0.1, 0.15) is 12.5 Å². The van der Waals surface area contributed by atoms with Crippen LogP contribution in [0.3, 0.4) is 0 Å². The molecule has 19 heavy (non-hydrogen) atoms. The van der Waals surface area contributed by atoms with Crippen LogP contribution in [0.4, 0.5) is 0 Å². The number of guanidine groups is 1. The van der Waals surface area contributed by atoms with Crippen molar-refractivity contribution in [2.75, 3.05) is 26.9 Å². The predicted octanol–water partition coefficient (Wildman–Crippen LogP) is 0.544. The number of hydrogen-bond donors (Lipinski definition) is 2. The van der Waals surface area contributed by atoms with Crippen molar-refractivity contribution in [2.24, 2.45) is 4.99 Å². The van der Waals surface area contributed by atoms with Gasteiger partial charge in [-0.15, -0.1) is 0 Å². The zero-order valence-corrected chi connectivity index (χ0v) is 11.3. The van der Waals surface area contributed by atoms with Gasteiger partial charge in [0.15, 0.2) is 5.96 Å². The van der Waals surface area contributed by atoms with Crippen LogP contribution in [-0.4, -0.2) is 43.9 Å². The molecule has 0 saturated carbocycles. The normalized spacial score (nSPS) is 17.8. The number of rotatable bonds is 6. The Morgan fingerprint density at radius 2 is 2.37 bits per heavy atom. The molecule has 1 aromatic heterocycles. The predicted molar refractivity (Wildman–Crippen MR) is 73.3 cm³/mol. The summed E-state index contributed by atoms with van der Waals surface area (Å²) < 4.78 is 10.5. The number of methoxy groups -OCH3 is 1. The highest BCUT2D eigenvalue weighted by atomic mass is 16.5. The monoisotopic (exact) mass is 264 g/mol.